The second kappa shape index (κ2) is 8.33. The number of halogens is 1. The lowest BCUT2D eigenvalue weighted by atomic mass is 10.0. The quantitative estimate of drug-likeness (QED) is 0.609. The van der Waals surface area contributed by atoms with Crippen molar-refractivity contribution in [3.63, 3.8) is 0 Å². The highest BCUT2D eigenvalue weighted by Gasteiger charge is 2.24. The van der Waals surface area contributed by atoms with Crippen LogP contribution in [0, 0.1) is 5.82 Å². The van der Waals surface area contributed by atoms with Crippen LogP contribution in [0.25, 0.3) is 22.3 Å². The first kappa shape index (κ1) is 19.7. The second-order valence-corrected chi connectivity index (χ2v) is 6.70. The highest BCUT2D eigenvalue weighted by Crippen LogP contribution is 2.40. The van der Waals surface area contributed by atoms with E-state index in [2.05, 4.69) is 5.32 Å². The van der Waals surface area contributed by atoms with Gasteiger partial charge >= 0.3 is 0 Å². The van der Waals surface area contributed by atoms with E-state index in [1.807, 2.05) is 20.8 Å². The van der Waals surface area contributed by atoms with Gasteiger partial charge in [0.05, 0.1) is 18.3 Å². The van der Waals surface area contributed by atoms with E-state index in [1.54, 1.807) is 31.3 Å². The van der Waals surface area contributed by atoms with Crippen molar-refractivity contribution in [2.24, 2.45) is 0 Å². The van der Waals surface area contributed by atoms with Crippen LogP contribution in [-0.4, -0.2) is 25.7 Å². The van der Waals surface area contributed by atoms with Crippen molar-refractivity contribution in [3.8, 4) is 22.8 Å². The lowest BCUT2D eigenvalue weighted by molar-refractivity contribution is 0.0964. The third kappa shape index (κ3) is 3.96. The van der Waals surface area contributed by atoms with Crippen molar-refractivity contribution in [3.05, 3.63) is 47.8 Å². The molecule has 1 aromatic heterocycles. The molecule has 2 aromatic carbocycles. The molecule has 5 nitrogen and oxygen atoms in total. The molecule has 0 bridgehead atoms. The van der Waals surface area contributed by atoms with E-state index in [-0.39, 0.29) is 17.8 Å². The number of carbonyl (C=O) groups is 1. The molecule has 1 heterocycles. The third-order valence-corrected chi connectivity index (χ3v) is 4.14. The van der Waals surface area contributed by atoms with Gasteiger partial charge in [-0.05, 0) is 50.6 Å². The molecule has 0 fully saturated rings. The highest BCUT2D eigenvalue weighted by molar-refractivity contribution is 6.11. The van der Waals surface area contributed by atoms with Crippen molar-refractivity contribution in [1.82, 2.24) is 5.32 Å². The molecule has 28 heavy (non-hydrogen) atoms. The number of furan rings is 1. The van der Waals surface area contributed by atoms with Gasteiger partial charge in [-0.2, -0.15) is 0 Å². The fourth-order valence-corrected chi connectivity index (χ4v) is 2.93. The number of ether oxygens (including phenoxy) is 2. The van der Waals surface area contributed by atoms with Crippen LogP contribution in [0.5, 0.6) is 11.5 Å². The Bertz CT molecular complexity index is 976. The molecular formula is C22H24FNO4. The first-order valence-corrected chi connectivity index (χ1v) is 9.32. The lowest BCUT2D eigenvalue weighted by Crippen LogP contribution is -2.18. The van der Waals surface area contributed by atoms with Crippen LogP contribution < -0.4 is 14.8 Å². The van der Waals surface area contributed by atoms with Gasteiger partial charge < -0.3 is 19.2 Å². The van der Waals surface area contributed by atoms with Crippen LogP contribution in [0.2, 0.25) is 0 Å². The Morgan fingerprint density at radius 2 is 1.89 bits per heavy atom. The Balaban J connectivity index is 2.23. The molecule has 0 saturated carbocycles. The minimum Gasteiger partial charge on any atom is -0.490 e. The Kier molecular flexibility index (Phi) is 5.87. The van der Waals surface area contributed by atoms with Crippen molar-refractivity contribution < 1.29 is 23.1 Å². The molecule has 0 aliphatic heterocycles. The average Bonchev–Trinajstić information content (AvgIpc) is 3.03. The smallest absolute Gasteiger partial charge is 0.255 e. The summed E-state index contributed by atoms with van der Waals surface area (Å²) in [5, 5.41) is 3.25. The zero-order chi connectivity index (χ0) is 20.3. The number of amides is 1. The minimum atomic E-state index is -0.357. The van der Waals surface area contributed by atoms with E-state index in [4.69, 9.17) is 13.9 Å². The highest BCUT2D eigenvalue weighted by atomic mass is 19.1. The molecule has 0 aliphatic carbocycles. The summed E-state index contributed by atoms with van der Waals surface area (Å²) in [5.74, 6) is 0.830. The number of hydrogen-bond donors (Lipinski definition) is 1. The van der Waals surface area contributed by atoms with Gasteiger partial charge in [-0.25, -0.2) is 4.39 Å². The number of carbonyl (C=O) groups excluding carboxylic acids is 1. The molecule has 1 N–H and O–H groups in total. The maximum absolute atomic E-state index is 13.3. The molecule has 0 atom stereocenters. The van der Waals surface area contributed by atoms with E-state index in [9.17, 15) is 9.18 Å². The SMILES string of the molecule is CCCOc1cc2oc(-c3ccc(F)cc3)c(C(=O)NC)c2cc1OC(C)C. The summed E-state index contributed by atoms with van der Waals surface area (Å²) in [7, 11) is 1.56. The monoisotopic (exact) mass is 385 g/mol. The average molecular weight is 385 g/mol. The molecule has 0 aliphatic rings. The number of benzene rings is 2. The van der Waals surface area contributed by atoms with Crippen LogP contribution in [0.1, 0.15) is 37.6 Å². The zero-order valence-electron chi connectivity index (χ0n) is 16.5. The van der Waals surface area contributed by atoms with Crippen LogP contribution >= 0.6 is 0 Å². The number of hydrogen-bond acceptors (Lipinski definition) is 4. The number of fused-ring (bicyclic) bond motifs is 1. The van der Waals surface area contributed by atoms with Crippen LogP contribution in [0.3, 0.4) is 0 Å². The fraction of sp³-hybridized carbons (Fsp3) is 0.318. The van der Waals surface area contributed by atoms with Crippen LogP contribution in [0.15, 0.2) is 40.8 Å². The summed E-state index contributed by atoms with van der Waals surface area (Å²) in [5.41, 5.74) is 1.48. The van der Waals surface area contributed by atoms with Gasteiger partial charge in [0.2, 0.25) is 0 Å². The molecule has 0 radical (unpaired) electrons. The standard InChI is InChI=1S/C22H24FNO4/c1-5-10-26-18-12-17-16(11-19(18)27-13(2)3)20(22(25)24-4)21(28-17)14-6-8-15(23)9-7-14/h6-9,11-13H,5,10H2,1-4H3,(H,24,25). The number of rotatable bonds is 7. The van der Waals surface area contributed by atoms with Crippen molar-refractivity contribution >= 4 is 16.9 Å². The van der Waals surface area contributed by atoms with Gasteiger partial charge in [0, 0.05) is 24.1 Å². The lowest BCUT2D eigenvalue weighted by Gasteiger charge is -2.15. The van der Waals surface area contributed by atoms with Crippen molar-refractivity contribution in [1.29, 1.82) is 0 Å². The Morgan fingerprint density at radius 3 is 2.50 bits per heavy atom. The minimum absolute atomic E-state index is 0.0617. The molecule has 6 heteroatoms. The van der Waals surface area contributed by atoms with Crippen molar-refractivity contribution in [2.45, 2.75) is 33.3 Å². The largest absolute Gasteiger partial charge is 0.490 e. The van der Waals surface area contributed by atoms with Gasteiger partial charge in [-0.3, -0.25) is 4.79 Å². The zero-order valence-corrected chi connectivity index (χ0v) is 16.5. The molecule has 0 unspecified atom stereocenters. The summed E-state index contributed by atoms with van der Waals surface area (Å²) in [6.07, 6.45) is 0.787. The Labute approximate surface area is 163 Å². The van der Waals surface area contributed by atoms with Gasteiger partial charge in [0.1, 0.15) is 17.2 Å². The maximum Gasteiger partial charge on any atom is 0.255 e. The normalized spacial score (nSPS) is 11.1. The predicted molar refractivity (Wildman–Crippen MR) is 107 cm³/mol. The maximum atomic E-state index is 13.3. The molecule has 3 rings (SSSR count). The summed E-state index contributed by atoms with van der Waals surface area (Å²) < 4.78 is 31.1. The second-order valence-electron chi connectivity index (χ2n) is 6.70. The van der Waals surface area contributed by atoms with E-state index >= 15 is 0 Å². The van der Waals surface area contributed by atoms with Crippen LogP contribution in [0.4, 0.5) is 4.39 Å². The van der Waals surface area contributed by atoms with Crippen LogP contribution in [-0.2, 0) is 0 Å². The van der Waals surface area contributed by atoms with E-state index in [0.29, 0.717) is 46.0 Å². The van der Waals surface area contributed by atoms with E-state index in [1.165, 1.54) is 12.1 Å². The Hall–Kier alpha value is -3.02. The van der Waals surface area contributed by atoms with Gasteiger partial charge in [0.25, 0.3) is 5.91 Å². The first-order chi connectivity index (χ1) is 13.4. The van der Waals surface area contributed by atoms with E-state index < -0.39 is 0 Å². The van der Waals surface area contributed by atoms with E-state index in [0.717, 1.165) is 6.42 Å². The van der Waals surface area contributed by atoms with Crippen molar-refractivity contribution in [2.75, 3.05) is 13.7 Å². The van der Waals surface area contributed by atoms with Gasteiger partial charge in [0.15, 0.2) is 11.5 Å². The summed E-state index contributed by atoms with van der Waals surface area (Å²) >= 11 is 0. The number of nitrogens with one attached hydrogen (secondary N) is 1. The fourth-order valence-electron chi connectivity index (χ4n) is 2.93. The topological polar surface area (TPSA) is 60.7 Å². The first-order valence-electron chi connectivity index (χ1n) is 9.32. The molecule has 148 valence electrons. The van der Waals surface area contributed by atoms with Gasteiger partial charge in [-0.1, -0.05) is 6.92 Å². The third-order valence-electron chi connectivity index (χ3n) is 4.14. The molecule has 0 spiro atoms. The Morgan fingerprint density at radius 1 is 1.18 bits per heavy atom. The molecule has 0 saturated heterocycles. The molecular weight excluding hydrogens is 361 g/mol. The summed E-state index contributed by atoms with van der Waals surface area (Å²) in [6, 6.07) is 9.33. The molecule has 3 aromatic rings. The summed E-state index contributed by atoms with van der Waals surface area (Å²) in [6.45, 7) is 6.40. The predicted octanol–water partition coefficient (Wildman–Crippen LogP) is 5.17. The summed E-state index contributed by atoms with van der Waals surface area (Å²) in [4.78, 5) is 12.6. The van der Waals surface area contributed by atoms with Gasteiger partial charge in [-0.15, -0.1) is 0 Å². The molecule has 1 amide bonds.